The van der Waals surface area contributed by atoms with Gasteiger partial charge in [0.15, 0.2) is 0 Å². The molecule has 0 aromatic carbocycles. The molecule has 1 atom stereocenters. The number of aromatic nitrogens is 2. The molecular weight excluding hydrogens is 214 g/mol. The Bertz CT molecular complexity index is 402. The summed E-state index contributed by atoms with van der Waals surface area (Å²) in [4.78, 5) is 9.26. The van der Waals surface area contributed by atoms with E-state index in [1.165, 1.54) is 5.69 Å². The van der Waals surface area contributed by atoms with Gasteiger partial charge in [0.05, 0.1) is 0 Å². The first-order valence-corrected chi connectivity index (χ1v) is 6.53. The van der Waals surface area contributed by atoms with Gasteiger partial charge in [0.1, 0.15) is 5.82 Å². The lowest BCUT2D eigenvalue weighted by atomic mass is 9.92. The lowest BCUT2D eigenvalue weighted by Crippen LogP contribution is -2.22. The van der Waals surface area contributed by atoms with Crippen LogP contribution in [-0.4, -0.2) is 23.2 Å². The fourth-order valence-corrected chi connectivity index (χ4v) is 2.75. The zero-order valence-corrected chi connectivity index (χ0v) is 10.1. The van der Waals surface area contributed by atoms with E-state index in [4.69, 9.17) is 15.5 Å². The minimum Gasteiger partial charge on any atom is -0.381 e. The van der Waals surface area contributed by atoms with Crippen LogP contribution in [0.5, 0.6) is 0 Å². The summed E-state index contributed by atoms with van der Waals surface area (Å²) in [6, 6.07) is 0.141. The molecule has 92 valence electrons. The Morgan fingerprint density at radius 1 is 1.24 bits per heavy atom. The average Bonchev–Trinajstić information content (AvgIpc) is 2.40. The molecule has 0 saturated carbocycles. The molecule has 2 N–H and O–H groups in total. The second-order valence-electron chi connectivity index (χ2n) is 5.02. The monoisotopic (exact) mass is 233 g/mol. The van der Waals surface area contributed by atoms with E-state index in [1.807, 2.05) is 6.20 Å². The van der Waals surface area contributed by atoms with Crippen molar-refractivity contribution in [2.24, 2.45) is 5.73 Å². The second-order valence-corrected chi connectivity index (χ2v) is 5.02. The van der Waals surface area contributed by atoms with Gasteiger partial charge in [-0.2, -0.15) is 0 Å². The second kappa shape index (κ2) is 4.70. The van der Waals surface area contributed by atoms with Gasteiger partial charge in [-0.1, -0.05) is 0 Å². The highest BCUT2D eigenvalue weighted by atomic mass is 16.5. The van der Waals surface area contributed by atoms with Gasteiger partial charge in [-0.05, 0) is 32.1 Å². The zero-order chi connectivity index (χ0) is 11.7. The Balaban J connectivity index is 1.86. The van der Waals surface area contributed by atoms with Crippen molar-refractivity contribution in [3.63, 3.8) is 0 Å². The van der Waals surface area contributed by atoms with Crippen LogP contribution in [0.2, 0.25) is 0 Å². The van der Waals surface area contributed by atoms with Gasteiger partial charge < -0.3 is 10.5 Å². The van der Waals surface area contributed by atoms with Crippen molar-refractivity contribution in [2.75, 3.05) is 13.2 Å². The van der Waals surface area contributed by atoms with Gasteiger partial charge >= 0.3 is 0 Å². The summed E-state index contributed by atoms with van der Waals surface area (Å²) in [5.41, 5.74) is 8.41. The van der Waals surface area contributed by atoms with Crippen LogP contribution in [-0.2, 0) is 11.2 Å². The molecule has 1 aliphatic heterocycles. The number of nitrogens with zero attached hydrogens (tertiary/aromatic N) is 2. The first-order valence-electron chi connectivity index (χ1n) is 6.53. The van der Waals surface area contributed by atoms with E-state index in [0.29, 0.717) is 5.92 Å². The molecule has 2 heterocycles. The number of hydrogen-bond donors (Lipinski definition) is 1. The number of ether oxygens (including phenoxy) is 1. The smallest absolute Gasteiger partial charge is 0.131 e. The predicted molar refractivity (Wildman–Crippen MR) is 64.7 cm³/mol. The molecule has 1 aromatic heterocycles. The number of aryl methyl sites for hydroxylation is 1. The van der Waals surface area contributed by atoms with Crippen molar-refractivity contribution in [1.82, 2.24) is 9.97 Å². The highest BCUT2D eigenvalue weighted by Crippen LogP contribution is 2.29. The normalized spacial score (nSPS) is 25.6. The van der Waals surface area contributed by atoms with Crippen LogP contribution < -0.4 is 5.73 Å². The van der Waals surface area contributed by atoms with E-state index < -0.39 is 0 Å². The SMILES string of the molecule is NC1CCCc2nc(C3CCOCC3)ncc21. The molecule has 2 aliphatic rings. The predicted octanol–water partition coefficient (Wildman–Crippen LogP) is 1.71. The summed E-state index contributed by atoms with van der Waals surface area (Å²) < 4.78 is 5.38. The summed E-state index contributed by atoms with van der Waals surface area (Å²) >= 11 is 0. The van der Waals surface area contributed by atoms with Gasteiger partial charge in [0.25, 0.3) is 0 Å². The quantitative estimate of drug-likeness (QED) is 0.802. The zero-order valence-electron chi connectivity index (χ0n) is 10.1. The molecule has 1 aromatic rings. The highest BCUT2D eigenvalue weighted by molar-refractivity contribution is 5.24. The van der Waals surface area contributed by atoms with Crippen LogP contribution in [0.4, 0.5) is 0 Å². The van der Waals surface area contributed by atoms with Crippen LogP contribution in [0.1, 0.15) is 54.7 Å². The maximum Gasteiger partial charge on any atom is 0.131 e. The molecular formula is C13H19N3O. The molecule has 3 rings (SSSR count). The first-order chi connectivity index (χ1) is 8.34. The largest absolute Gasteiger partial charge is 0.381 e. The molecule has 0 spiro atoms. The van der Waals surface area contributed by atoms with Gasteiger partial charge in [-0.25, -0.2) is 9.97 Å². The third-order valence-electron chi connectivity index (χ3n) is 3.83. The van der Waals surface area contributed by atoms with E-state index in [2.05, 4.69) is 4.98 Å². The van der Waals surface area contributed by atoms with Crippen molar-refractivity contribution >= 4 is 0 Å². The van der Waals surface area contributed by atoms with E-state index in [1.54, 1.807) is 0 Å². The van der Waals surface area contributed by atoms with E-state index >= 15 is 0 Å². The van der Waals surface area contributed by atoms with Crippen molar-refractivity contribution in [3.8, 4) is 0 Å². The molecule has 4 nitrogen and oxygen atoms in total. The van der Waals surface area contributed by atoms with Crippen molar-refractivity contribution in [1.29, 1.82) is 0 Å². The summed E-state index contributed by atoms with van der Waals surface area (Å²) in [5.74, 6) is 1.48. The molecule has 1 fully saturated rings. The highest BCUT2D eigenvalue weighted by Gasteiger charge is 2.23. The first kappa shape index (κ1) is 11.1. The summed E-state index contributed by atoms with van der Waals surface area (Å²) in [5, 5.41) is 0. The third kappa shape index (κ3) is 2.19. The van der Waals surface area contributed by atoms with Gasteiger partial charge in [0, 0.05) is 42.6 Å². The maximum atomic E-state index is 6.07. The lowest BCUT2D eigenvalue weighted by Gasteiger charge is -2.24. The summed E-state index contributed by atoms with van der Waals surface area (Å²) in [6.45, 7) is 1.68. The average molecular weight is 233 g/mol. The van der Waals surface area contributed by atoms with Crippen molar-refractivity contribution < 1.29 is 4.74 Å². The Labute approximate surface area is 102 Å². The molecule has 0 amide bonds. The Morgan fingerprint density at radius 3 is 2.88 bits per heavy atom. The van der Waals surface area contributed by atoms with Crippen molar-refractivity contribution in [3.05, 3.63) is 23.3 Å². The lowest BCUT2D eigenvalue weighted by molar-refractivity contribution is 0.0835. The fourth-order valence-electron chi connectivity index (χ4n) is 2.75. The van der Waals surface area contributed by atoms with Crippen LogP contribution in [0.15, 0.2) is 6.20 Å². The van der Waals surface area contributed by atoms with E-state index in [9.17, 15) is 0 Å². The third-order valence-corrected chi connectivity index (χ3v) is 3.83. The topological polar surface area (TPSA) is 61.0 Å². The summed E-state index contributed by atoms with van der Waals surface area (Å²) in [6.07, 6.45) is 7.32. The number of fused-ring (bicyclic) bond motifs is 1. The molecule has 0 radical (unpaired) electrons. The number of rotatable bonds is 1. The van der Waals surface area contributed by atoms with Crippen molar-refractivity contribution in [2.45, 2.75) is 44.1 Å². The van der Waals surface area contributed by atoms with Crippen LogP contribution in [0.3, 0.4) is 0 Å². The van der Waals surface area contributed by atoms with Gasteiger partial charge in [-0.15, -0.1) is 0 Å². The van der Waals surface area contributed by atoms with E-state index in [-0.39, 0.29) is 6.04 Å². The molecule has 0 bridgehead atoms. The Morgan fingerprint density at radius 2 is 2.06 bits per heavy atom. The fraction of sp³-hybridized carbons (Fsp3) is 0.692. The van der Waals surface area contributed by atoms with Crippen LogP contribution in [0, 0.1) is 0 Å². The standard InChI is InChI=1S/C13H19N3O/c14-11-2-1-3-12-10(11)8-15-13(16-12)9-4-6-17-7-5-9/h8-9,11H,1-7,14H2. The Kier molecular flexibility index (Phi) is 3.07. The minimum atomic E-state index is 0.141. The maximum absolute atomic E-state index is 6.07. The van der Waals surface area contributed by atoms with Gasteiger partial charge in [0.2, 0.25) is 0 Å². The molecule has 1 aliphatic carbocycles. The number of hydrogen-bond acceptors (Lipinski definition) is 4. The Hall–Kier alpha value is -1.00. The minimum absolute atomic E-state index is 0.141. The molecule has 1 saturated heterocycles. The van der Waals surface area contributed by atoms with E-state index in [0.717, 1.165) is 56.7 Å². The summed E-state index contributed by atoms with van der Waals surface area (Å²) in [7, 11) is 0. The van der Waals surface area contributed by atoms with Gasteiger partial charge in [-0.3, -0.25) is 0 Å². The molecule has 4 heteroatoms. The van der Waals surface area contributed by atoms with Crippen LogP contribution in [0.25, 0.3) is 0 Å². The number of nitrogens with two attached hydrogens (primary N) is 1. The molecule has 17 heavy (non-hydrogen) atoms. The van der Waals surface area contributed by atoms with Crippen LogP contribution >= 0.6 is 0 Å². The molecule has 1 unspecified atom stereocenters.